The minimum Gasteiger partial charge on any atom is -0.488 e. The third kappa shape index (κ3) is 4.60. The van der Waals surface area contributed by atoms with Gasteiger partial charge in [-0.2, -0.15) is 0 Å². The lowest BCUT2D eigenvalue weighted by molar-refractivity contribution is 0.242. The van der Waals surface area contributed by atoms with Gasteiger partial charge in [-0.1, -0.05) is 37.3 Å². The fourth-order valence-corrected chi connectivity index (χ4v) is 2.57. The molecule has 0 saturated heterocycles. The van der Waals surface area contributed by atoms with Crippen molar-refractivity contribution in [3.8, 4) is 5.75 Å². The number of ether oxygens (including phenoxy) is 1. The molecule has 0 amide bonds. The van der Waals surface area contributed by atoms with Gasteiger partial charge in [0.25, 0.3) is 0 Å². The molecule has 1 aliphatic rings. The van der Waals surface area contributed by atoms with Crippen LogP contribution in [0.3, 0.4) is 0 Å². The SMILES string of the molecule is CCc1ccc(NC(N)=NCC2Cc3ccccc3O2)cc1.I. The Morgan fingerprint density at radius 3 is 2.65 bits per heavy atom. The number of nitrogens with one attached hydrogen (secondary N) is 1. The number of guanidine groups is 1. The highest BCUT2D eigenvalue weighted by atomic mass is 127. The molecule has 0 fully saturated rings. The molecular formula is C18H22IN3O. The second-order valence-electron chi connectivity index (χ2n) is 5.45. The first kappa shape index (κ1) is 17.6. The van der Waals surface area contributed by atoms with E-state index in [2.05, 4.69) is 35.4 Å². The zero-order valence-corrected chi connectivity index (χ0v) is 15.5. The predicted octanol–water partition coefficient (Wildman–Crippen LogP) is 3.60. The molecule has 23 heavy (non-hydrogen) atoms. The van der Waals surface area contributed by atoms with E-state index in [1.807, 2.05) is 30.3 Å². The minimum absolute atomic E-state index is 0. The van der Waals surface area contributed by atoms with Crippen LogP contribution in [0.5, 0.6) is 5.75 Å². The van der Waals surface area contributed by atoms with Crippen molar-refractivity contribution in [3.63, 3.8) is 0 Å². The van der Waals surface area contributed by atoms with Crippen molar-refractivity contribution in [1.82, 2.24) is 0 Å². The first-order valence-electron chi connectivity index (χ1n) is 7.65. The highest BCUT2D eigenvalue weighted by Gasteiger charge is 2.21. The summed E-state index contributed by atoms with van der Waals surface area (Å²) in [6, 6.07) is 16.3. The Balaban J connectivity index is 0.00000192. The standard InChI is InChI=1S/C18H21N3O.HI/c1-2-13-7-9-15(10-8-13)21-18(19)20-12-16-11-14-5-3-4-6-17(14)22-16;/h3-10,16H,2,11-12H2,1H3,(H3,19,20,21);1H. The van der Waals surface area contributed by atoms with Crippen LogP contribution in [0.25, 0.3) is 0 Å². The van der Waals surface area contributed by atoms with Gasteiger partial charge < -0.3 is 15.8 Å². The quantitative estimate of drug-likeness (QED) is 0.449. The van der Waals surface area contributed by atoms with Gasteiger partial charge in [0.05, 0.1) is 6.54 Å². The number of aryl methyl sites for hydroxylation is 1. The zero-order valence-electron chi connectivity index (χ0n) is 13.2. The summed E-state index contributed by atoms with van der Waals surface area (Å²) >= 11 is 0. The van der Waals surface area contributed by atoms with Crippen LogP contribution < -0.4 is 15.8 Å². The summed E-state index contributed by atoms with van der Waals surface area (Å²) < 4.78 is 5.85. The number of benzene rings is 2. The molecule has 2 aromatic rings. The van der Waals surface area contributed by atoms with Crippen molar-refractivity contribution >= 4 is 35.6 Å². The summed E-state index contributed by atoms with van der Waals surface area (Å²) in [6.45, 7) is 2.69. The number of halogens is 1. The molecule has 0 bridgehead atoms. The first-order chi connectivity index (χ1) is 10.7. The van der Waals surface area contributed by atoms with Gasteiger partial charge in [-0.3, -0.25) is 0 Å². The maximum atomic E-state index is 5.94. The second kappa shape index (κ2) is 8.19. The van der Waals surface area contributed by atoms with Crippen LogP contribution in [0.15, 0.2) is 53.5 Å². The van der Waals surface area contributed by atoms with E-state index in [-0.39, 0.29) is 30.1 Å². The molecule has 0 radical (unpaired) electrons. The zero-order chi connectivity index (χ0) is 15.4. The molecular weight excluding hydrogens is 401 g/mol. The van der Waals surface area contributed by atoms with E-state index in [4.69, 9.17) is 10.5 Å². The Labute approximate surface area is 154 Å². The number of nitrogens with zero attached hydrogens (tertiary/aromatic N) is 1. The summed E-state index contributed by atoms with van der Waals surface area (Å²) in [5, 5.41) is 3.11. The molecule has 5 heteroatoms. The largest absolute Gasteiger partial charge is 0.488 e. The first-order valence-corrected chi connectivity index (χ1v) is 7.65. The molecule has 1 aliphatic heterocycles. The van der Waals surface area contributed by atoms with E-state index < -0.39 is 0 Å². The predicted molar refractivity (Wildman–Crippen MR) is 106 cm³/mol. The lowest BCUT2D eigenvalue weighted by Crippen LogP contribution is -2.26. The maximum absolute atomic E-state index is 5.94. The van der Waals surface area contributed by atoms with E-state index in [1.165, 1.54) is 11.1 Å². The van der Waals surface area contributed by atoms with Gasteiger partial charge in [0.15, 0.2) is 5.96 Å². The fourth-order valence-electron chi connectivity index (χ4n) is 2.57. The number of nitrogens with two attached hydrogens (primary N) is 1. The number of aliphatic imine (C=N–C) groups is 1. The van der Waals surface area contributed by atoms with Crippen molar-refractivity contribution in [2.75, 3.05) is 11.9 Å². The van der Waals surface area contributed by atoms with Crippen LogP contribution in [0.1, 0.15) is 18.1 Å². The molecule has 0 aliphatic carbocycles. The number of anilines is 1. The van der Waals surface area contributed by atoms with Crippen LogP contribution in [0.4, 0.5) is 5.69 Å². The lowest BCUT2D eigenvalue weighted by atomic mass is 10.1. The molecule has 1 heterocycles. The van der Waals surface area contributed by atoms with Crippen LogP contribution in [0, 0.1) is 0 Å². The van der Waals surface area contributed by atoms with Crippen LogP contribution in [0.2, 0.25) is 0 Å². The minimum atomic E-state index is 0. The Morgan fingerprint density at radius 1 is 1.22 bits per heavy atom. The van der Waals surface area contributed by atoms with E-state index in [1.54, 1.807) is 0 Å². The number of hydrogen-bond acceptors (Lipinski definition) is 2. The molecule has 1 atom stereocenters. The Hall–Kier alpha value is -1.76. The van der Waals surface area contributed by atoms with E-state index in [9.17, 15) is 0 Å². The highest BCUT2D eigenvalue weighted by molar-refractivity contribution is 14.0. The van der Waals surface area contributed by atoms with E-state index in [0.717, 1.165) is 24.3 Å². The van der Waals surface area contributed by atoms with Gasteiger partial charge >= 0.3 is 0 Å². The molecule has 2 aromatic carbocycles. The van der Waals surface area contributed by atoms with E-state index >= 15 is 0 Å². The van der Waals surface area contributed by atoms with Gasteiger partial charge in [0.2, 0.25) is 0 Å². The van der Waals surface area contributed by atoms with Crippen LogP contribution in [-0.4, -0.2) is 18.6 Å². The number of fused-ring (bicyclic) bond motifs is 1. The summed E-state index contributed by atoms with van der Waals surface area (Å²) in [4.78, 5) is 4.39. The fraction of sp³-hybridized carbons (Fsp3) is 0.278. The van der Waals surface area contributed by atoms with Gasteiger partial charge in [-0.25, -0.2) is 4.99 Å². The van der Waals surface area contributed by atoms with Gasteiger partial charge in [-0.15, -0.1) is 24.0 Å². The molecule has 4 nitrogen and oxygen atoms in total. The highest BCUT2D eigenvalue weighted by Crippen LogP contribution is 2.28. The second-order valence-corrected chi connectivity index (χ2v) is 5.45. The van der Waals surface area contributed by atoms with Gasteiger partial charge in [0, 0.05) is 12.1 Å². The molecule has 0 spiro atoms. The molecule has 122 valence electrons. The molecule has 0 saturated carbocycles. The summed E-state index contributed by atoms with van der Waals surface area (Å²) in [5.41, 5.74) is 9.44. The lowest BCUT2D eigenvalue weighted by Gasteiger charge is -2.09. The summed E-state index contributed by atoms with van der Waals surface area (Å²) in [5.74, 6) is 1.38. The van der Waals surface area contributed by atoms with Crippen molar-refractivity contribution in [3.05, 3.63) is 59.7 Å². The average molecular weight is 423 g/mol. The van der Waals surface area contributed by atoms with Crippen molar-refractivity contribution in [2.24, 2.45) is 10.7 Å². The van der Waals surface area contributed by atoms with Crippen molar-refractivity contribution in [1.29, 1.82) is 0 Å². The smallest absolute Gasteiger partial charge is 0.193 e. The average Bonchev–Trinajstić information content (AvgIpc) is 2.96. The third-order valence-corrected chi connectivity index (χ3v) is 3.81. The Bertz CT molecular complexity index is 645. The van der Waals surface area contributed by atoms with Gasteiger partial charge in [-0.05, 0) is 35.7 Å². The van der Waals surface area contributed by atoms with Crippen LogP contribution >= 0.6 is 24.0 Å². The third-order valence-electron chi connectivity index (χ3n) is 3.81. The van der Waals surface area contributed by atoms with Crippen molar-refractivity contribution < 1.29 is 4.74 Å². The normalized spacial score (nSPS) is 16.2. The Kier molecular flexibility index (Phi) is 6.27. The van der Waals surface area contributed by atoms with Gasteiger partial charge in [0.1, 0.15) is 11.9 Å². The topological polar surface area (TPSA) is 59.6 Å². The van der Waals surface area contributed by atoms with Crippen molar-refractivity contribution in [2.45, 2.75) is 25.9 Å². The number of hydrogen-bond donors (Lipinski definition) is 2. The molecule has 1 unspecified atom stereocenters. The van der Waals surface area contributed by atoms with E-state index in [0.29, 0.717) is 12.5 Å². The monoisotopic (exact) mass is 423 g/mol. The number of para-hydroxylation sites is 1. The Morgan fingerprint density at radius 2 is 1.96 bits per heavy atom. The number of rotatable bonds is 4. The summed E-state index contributed by atoms with van der Waals surface area (Å²) in [6.07, 6.45) is 1.99. The molecule has 3 N–H and O–H groups in total. The van der Waals surface area contributed by atoms with Crippen LogP contribution in [-0.2, 0) is 12.8 Å². The molecule has 0 aromatic heterocycles. The maximum Gasteiger partial charge on any atom is 0.193 e. The molecule has 3 rings (SSSR count). The summed E-state index contributed by atoms with van der Waals surface area (Å²) in [7, 11) is 0.